The number of ether oxygens (including phenoxy) is 1. The van der Waals surface area contributed by atoms with Gasteiger partial charge in [0.15, 0.2) is 11.6 Å². The molecule has 0 aliphatic heterocycles. The molecule has 3 N–H and O–H groups in total. The molecule has 0 saturated heterocycles. The van der Waals surface area contributed by atoms with Crippen molar-refractivity contribution in [2.45, 2.75) is 26.3 Å². The van der Waals surface area contributed by atoms with Crippen molar-refractivity contribution >= 4 is 11.6 Å². The quantitative estimate of drug-likeness (QED) is 0.372. The van der Waals surface area contributed by atoms with Crippen molar-refractivity contribution < 1.29 is 22.7 Å². The molecule has 0 aliphatic carbocycles. The van der Waals surface area contributed by atoms with Gasteiger partial charge in [0.1, 0.15) is 12.4 Å². The highest BCUT2D eigenvalue weighted by Crippen LogP contribution is 2.31. The summed E-state index contributed by atoms with van der Waals surface area (Å²) in [4.78, 5) is 12.7. The smallest absolute Gasteiger partial charge is 0.416 e. The zero-order valence-corrected chi connectivity index (χ0v) is 19.6. The van der Waals surface area contributed by atoms with Gasteiger partial charge in [0.05, 0.1) is 5.56 Å². The van der Waals surface area contributed by atoms with Crippen LogP contribution in [-0.2, 0) is 26.4 Å². The molecule has 0 atom stereocenters. The number of carbonyl (C=O) groups excluding carboxylic acids is 1. The molecule has 0 aliphatic rings. The lowest BCUT2D eigenvalue weighted by Crippen LogP contribution is -2.13. The standard InChI is InChI=1S/C26H24F3N5O2/c1-16-12-17(14-30)6-11-22(16)25(35)31-20-9-7-18(8-10-20)24-33-32-23(34(24)2)15-36-21-5-3-4-19(13-21)26(27,28)29/h3-13H,14-15,30H2,1-2H3,(H,31,35). The summed E-state index contributed by atoms with van der Waals surface area (Å²) in [6, 6.07) is 17.2. The van der Waals surface area contributed by atoms with Gasteiger partial charge in [-0.05, 0) is 66.6 Å². The molecule has 4 aromatic rings. The Kier molecular flexibility index (Phi) is 7.07. The number of nitrogens with one attached hydrogen (secondary N) is 1. The van der Waals surface area contributed by atoms with E-state index in [1.807, 2.05) is 19.1 Å². The van der Waals surface area contributed by atoms with Gasteiger partial charge in [-0.3, -0.25) is 4.79 Å². The van der Waals surface area contributed by atoms with Crippen LogP contribution in [0.5, 0.6) is 5.75 Å². The van der Waals surface area contributed by atoms with Crippen LogP contribution in [0.15, 0.2) is 66.7 Å². The van der Waals surface area contributed by atoms with Crippen molar-refractivity contribution in [3.05, 3.63) is 94.8 Å². The number of hydrogen-bond donors (Lipinski definition) is 2. The number of alkyl halides is 3. The van der Waals surface area contributed by atoms with Crippen LogP contribution in [-0.4, -0.2) is 20.7 Å². The Morgan fingerprint density at radius 1 is 1.06 bits per heavy atom. The molecule has 0 unspecified atom stereocenters. The van der Waals surface area contributed by atoms with Crippen molar-refractivity contribution in [2.75, 3.05) is 5.32 Å². The number of amides is 1. The summed E-state index contributed by atoms with van der Waals surface area (Å²) in [5.41, 5.74) is 8.58. The van der Waals surface area contributed by atoms with E-state index in [1.54, 1.807) is 41.9 Å². The summed E-state index contributed by atoms with van der Waals surface area (Å²) in [5.74, 6) is 0.846. The second-order valence-electron chi connectivity index (χ2n) is 8.20. The number of nitrogens with zero attached hydrogens (tertiary/aromatic N) is 3. The molecule has 3 aromatic carbocycles. The minimum absolute atomic E-state index is 0.0543. The fraction of sp³-hybridized carbons (Fsp3) is 0.192. The van der Waals surface area contributed by atoms with Gasteiger partial charge in [0.25, 0.3) is 5.91 Å². The minimum atomic E-state index is -4.45. The second-order valence-corrected chi connectivity index (χ2v) is 8.20. The van der Waals surface area contributed by atoms with E-state index in [1.165, 1.54) is 12.1 Å². The Hall–Kier alpha value is -4.18. The molecule has 0 bridgehead atoms. The lowest BCUT2D eigenvalue weighted by molar-refractivity contribution is -0.137. The number of aryl methyl sites for hydroxylation is 1. The molecule has 0 spiro atoms. The first kappa shape index (κ1) is 24.9. The lowest BCUT2D eigenvalue weighted by Gasteiger charge is -2.11. The van der Waals surface area contributed by atoms with Crippen LogP contribution in [0.25, 0.3) is 11.4 Å². The van der Waals surface area contributed by atoms with Gasteiger partial charge in [-0.1, -0.05) is 18.2 Å². The van der Waals surface area contributed by atoms with Gasteiger partial charge in [-0.25, -0.2) is 0 Å². The summed E-state index contributed by atoms with van der Waals surface area (Å²) in [5, 5.41) is 11.2. The summed E-state index contributed by atoms with van der Waals surface area (Å²) >= 11 is 0. The molecule has 36 heavy (non-hydrogen) atoms. The fourth-order valence-electron chi connectivity index (χ4n) is 3.66. The monoisotopic (exact) mass is 495 g/mol. The first-order valence-corrected chi connectivity index (χ1v) is 11.1. The SMILES string of the molecule is Cc1cc(CN)ccc1C(=O)Nc1ccc(-c2nnc(COc3cccc(C(F)(F)F)c3)n2C)cc1. The third kappa shape index (κ3) is 5.55. The number of anilines is 1. The first-order chi connectivity index (χ1) is 17.2. The topological polar surface area (TPSA) is 95.1 Å². The van der Waals surface area contributed by atoms with Crippen molar-refractivity contribution in [3.63, 3.8) is 0 Å². The van der Waals surface area contributed by atoms with Gasteiger partial charge in [0.2, 0.25) is 0 Å². The highest BCUT2D eigenvalue weighted by molar-refractivity contribution is 6.05. The van der Waals surface area contributed by atoms with E-state index >= 15 is 0 Å². The Balaban J connectivity index is 1.42. The number of halogens is 3. The summed E-state index contributed by atoms with van der Waals surface area (Å²) < 4.78 is 45.9. The molecule has 10 heteroatoms. The maximum Gasteiger partial charge on any atom is 0.416 e. The van der Waals surface area contributed by atoms with Crippen molar-refractivity contribution in [1.82, 2.24) is 14.8 Å². The van der Waals surface area contributed by atoms with Gasteiger partial charge >= 0.3 is 6.18 Å². The van der Waals surface area contributed by atoms with Crippen LogP contribution in [0.4, 0.5) is 18.9 Å². The second kappa shape index (κ2) is 10.2. The summed E-state index contributed by atoms with van der Waals surface area (Å²) in [6.07, 6.45) is -4.45. The third-order valence-corrected chi connectivity index (χ3v) is 5.67. The maximum absolute atomic E-state index is 12.9. The lowest BCUT2D eigenvalue weighted by atomic mass is 10.0. The highest BCUT2D eigenvalue weighted by atomic mass is 19.4. The van der Waals surface area contributed by atoms with Crippen LogP contribution in [0, 0.1) is 6.92 Å². The number of nitrogens with two attached hydrogens (primary N) is 1. The first-order valence-electron chi connectivity index (χ1n) is 11.1. The molecular formula is C26H24F3N5O2. The van der Waals surface area contributed by atoms with E-state index in [0.717, 1.165) is 28.8 Å². The Labute approximate surface area is 205 Å². The number of hydrogen-bond acceptors (Lipinski definition) is 5. The number of aromatic nitrogens is 3. The van der Waals surface area contributed by atoms with Crippen LogP contribution in [0.3, 0.4) is 0 Å². The predicted octanol–water partition coefficient (Wildman–Crippen LogP) is 5.10. The van der Waals surface area contributed by atoms with E-state index in [2.05, 4.69) is 15.5 Å². The fourth-order valence-corrected chi connectivity index (χ4v) is 3.66. The van der Waals surface area contributed by atoms with E-state index in [-0.39, 0.29) is 18.3 Å². The van der Waals surface area contributed by atoms with Gasteiger partial charge in [-0.2, -0.15) is 13.2 Å². The van der Waals surface area contributed by atoms with Gasteiger partial charge < -0.3 is 20.4 Å². The molecule has 186 valence electrons. The van der Waals surface area contributed by atoms with Gasteiger partial charge in [-0.15, -0.1) is 10.2 Å². The van der Waals surface area contributed by atoms with Crippen molar-refractivity contribution in [1.29, 1.82) is 0 Å². The van der Waals surface area contributed by atoms with E-state index < -0.39 is 11.7 Å². The Bertz CT molecular complexity index is 1380. The molecule has 0 radical (unpaired) electrons. The van der Waals surface area contributed by atoms with E-state index in [4.69, 9.17) is 10.5 Å². The van der Waals surface area contributed by atoms with Crippen LogP contribution in [0.1, 0.15) is 32.9 Å². The normalized spacial score (nSPS) is 11.4. The molecule has 1 amide bonds. The molecule has 1 aromatic heterocycles. The molecule has 7 nitrogen and oxygen atoms in total. The van der Waals surface area contributed by atoms with E-state index in [0.29, 0.717) is 29.4 Å². The molecule has 0 saturated carbocycles. The molecular weight excluding hydrogens is 471 g/mol. The average Bonchev–Trinajstić information content (AvgIpc) is 3.22. The largest absolute Gasteiger partial charge is 0.486 e. The molecule has 4 rings (SSSR count). The van der Waals surface area contributed by atoms with Crippen molar-refractivity contribution in [3.8, 4) is 17.1 Å². The van der Waals surface area contributed by atoms with Crippen molar-refractivity contribution in [2.24, 2.45) is 12.8 Å². The zero-order chi connectivity index (χ0) is 25.9. The molecule has 1 heterocycles. The average molecular weight is 496 g/mol. The molecule has 0 fully saturated rings. The zero-order valence-electron chi connectivity index (χ0n) is 19.6. The van der Waals surface area contributed by atoms with E-state index in [9.17, 15) is 18.0 Å². The number of rotatable bonds is 7. The Morgan fingerprint density at radius 2 is 1.81 bits per heavy atom. The predicted molar refractivity (Wildman–Crippen MR) is 129 cm³/mol. The number of carbonyl (C=O) groups is 1. The van der Waals surface area contributed by atoms with Crippen LogP contribution < -0.4 is 15.8 Å². The third-order valence-electron chi connectivity index (χ3n) is 5.67. The highest BCUT2D eigenvalue weighted by Gasteiger charge is 2.30. The van der Waals surface area contributed by atoms with Gasteiger partial charge in [0, 0.05) is 30.4 Å². The Morgan fingerprint density at radius 3 is 2.47 bits per heavy atom. The van der Waals surface area contributed by atoms with Crippen LogP contribution >= 0.6 is 0 Å². The van der Waals surface area contributed by atoms with Crippen LogP contribution in [0.2, 0.25) is 0 Å². The maximum atomic E-state index is 12.9. The summed E-state index contributed by atoms with van der Waals surface area (Å²) in [7, 11) is 1.74. The minimum Gasteiger partial charge on any atom is -0.486 e. The summed E-state index contributed by atoms with van der Waals surface area (Å²) in [6.45, 7) is 2.21. The number of benzene rings is 3.